The molecule has 0 aliphatic carbocycles. The van der Waals surface area contributed by atoms with Crippen LogP contribution in [0.25, 0.3) is 0 Å². The van der Waals surface area contributed by atoms with E-state index in [1.54, 1.807) is 0 Å². The van der Waals surface area contributed by atoms with Crippen LogP contribution in [-0.2, 0) is 0 Å². The number of amides is 1. The van der Waals surface area contributed by atoms with E-state index in [9.17, 15) is 4.79 Å². The number of benzene rings is 1. The van der Waals surface area contributed by atoms with Crippen LogP contribution in [0.2, 0.25) is 0 Å². The molecule has 0 spiro atoms. The Morgan fingerprint density at radius 3 is 3.06 bits per heavy atom. The van der Waals surface area contributed by atoms with Crippen LogP contribution in [0.5, 0.6) is 5.75 Å². The Morgan fingerprint density at radius 1 is 1.41 bits per heavy atom. The maximum absolute atomic E-state index is 12.4. The van der Waals surface area contributed by atoms with Crippen molar-refractivity contribution in [3.05, 3.63) is 29.8 Å². The quantitative estimate of drug-likeness (QED) is 0.743. The summed E-state index contributed by atoms with van der Waals surface area (Å²) in [4.78, 5) is 14.4. The Hall–Kier alpha value is -1.51. The van der Waals surface area contributed by atoms with Crippen molar-refractivity contribution in [3.63, 3.8) is 0 Å². The van der Waals surface area contributed by atoms with E-state index in [-0.39, 0.29) is 18.1 Å². The molecule has 0 aromatic heterocycles. The fourth-order valence-corrected chi connectivity index (χ4v) is 2.93. The molecular formula is C14H17NO2. The van der Waals surface area contributed by atoms with Gasteiger partial charge in [0.1, 0.15) is 11.9 Å². The summed E-state index contributed by atoms with van der Waals surface area (Å²) >= 11 is 0. The predicted molar refractivity (Wildman–Crippen MR) is 65.2 cm³/mol. The summed E-state index contributed by atoms with van der Waals surface area (Å²) in [7, 11) is 0. The second-order valence-corrected chi connectivity index (χ2v) is 4.77. The maximum atomic E-state index is 12.4. The van der Waals surface area contributed by atoms with Crippen LogP contribution >= 0.6 is 0 Å². The van der Waals surface area contributed by atoms with Crippen LogP contribution in [0.15, 0.2) is 24.3 Å². The second kappa shape index (κ2) is 4.06. The Balaban J connectivity index is 2.06. The molecule has 0 radical (unpaired) electrons. The van der Waals surface area contributed by atoms with Gasteiger partial charge in [0.15, 0.2) is 0 Å². The van der Waals surface area contributed by atoms with Gasteiger partial charge in [-0.25, -0.2) is 0 Å². The van der Waals surface area contributed by atoms with Crippen LogP contribution in [0.3, 0.4) is 0 Å². The molecule has 1 saturated heterocycles. The minimum Gasteiger partial charge on any atom is -0.487 e. The molecule has 17 heavy (non-hydrogen) atoms. The molecule has 1 aromatic carbocycles. The van der Waals surface area contributed by atoms with Gasteiger partial charge < -0.3 is 9.64 Å². The molecule has 90 valence electrons. The molecule has 2 atom stereocenters. The van der Waals surface area contributed by atoms with Crippen LogP contribution in [0.1, 0.15) is 36.5 Å². The van der Waals surface area contributed by atoms with Crippen LogP contribution in [-0.4, -0.2) is 29.5 Å². The average Bonchev–Trinajstić information content (AvgIpc) is 2.81. The standard InChI is InChI=1S/C14H17NO2/c1-2-12-11-7-5-9-15(11)14(16)10-6-3-4-8-13(10)17-12/h3-4,6,8,11-12H,2,5,7,9H2,1H3/t11-,12-/m0/s1. The van der Waals surface area contributed by atoms with Crippen molar-refractivity contribution in [2.24, 2.45) is 0 Å². The lowest BCUT2D eigenvalue weighted by molar-refractivity contribution is 0.0625. The van der Waals surface area contributed by atoms with E-state index in [1.807, 2.05) is 29.2 Å². The topological polar surface area (TPSA) is 29.5 Å². The van der Waals surface area contributed by atoms with E-state index in [4.69, 9.17) is 4.74 Å². The molecule has 1 fully saturated rings. The summed E-state index contributed by atoms with van der Waals surface area (Å²) in [6.45, 7) is 3.00. The van der Waals surface area contributed by atoms with E-state index >= 15 is 0 Å². The van der Waals surface area contributed by atoms with Crippen LogP contribution in [0, 0.1) is 0 Å². The van der Waals surface area contributed by atoms with Crippen LogP contribution in [0.4, 0.5) is 0 Å². The van der Waals surface area contributed by atoms with Gasteiger partial charge in [0, 0.05) is 6.54 Å². The third-order valence-corrected chi connectivity index (χ3v) is 3.79. The first-order chi connectivity index (χ1) is 8.31. The highest BCUT2D eigenvalue weighted by atomic mass is 16.5. The highest BCUT2D eigenvalue weighted by Crippen LogP contribution is 2.33. The monoisotopic (exact) mass is 231 g/mol. The number of hydrogen-bond donors (Lipinski definition) is 0. The smallest absolute Gasteiger partial charge is 0.257 e. The lowest BCUT2D eigenvalue weighted by atomic mass is 10.1. The van der Waals surface area contributed by atoms with Gasteiger partial charge in [0.25, 0.3) is 5.91 Å². The van der Waals surface area contributed by atoms with Gasteiger partial charge >= 0.3 is 0 Å². The van der Waals surface area contributed by atoms with Crippen molar-refractivity contribution < 1.29 is 9.53 Å². The number of fused-ring (bicyclic) bond motifs is 2. The van der Waals surface area contributed by atoms with Crippen molar-refractivity contribution in [2.45, 2.75) is 38.3 Å². The van der Waals surface area contributed by atoms with Gasteiger partial charge in [-0.05, 0) is 31.4 Å². The number of hydrogen-bond acceptors (Lipinski definition) is 2. The van der Waals surface area contributed by atoms with Gasteiger partial charge in [-0.1, -0.05) is 19.1 Å². The molecule has 3 rings (SSSR count). The minimum absolute atomic E-state index is 0.138. The minimum atomic E-state index is 0.138. The van der Waals surface area contributed by atoms with Gasteiger partial charge in [0.2, 0.25) is 0 Å². The molecule has 2 aliphatic heterocycles. The first kappa shape index (κ1) is 10.6. The molecule has 3 heteroatoms. The number of carbonyl (C=O) groups is 1. The first-order valence-corrected chi connectivity index (χ1v) is 6.38. The Kier molecular flexibility index (Phi) is 2.54. The zero-order valence-electron chi connectivity index (χ0n) is 10.1. The summed E-state index contributed by atoms with van der Waals surface area (Å²) in [6.07, 6.45) is 3.25. The number of nitrogens with zero attached hydrogens (tertiary/aromatic N) is 1. The fourth-order valence-electron chi connectivity index (χ4n) is 2.93. The van der Waals surface area contributed by atoms with Gasteiger partial charge in [-0.2, -0.15) is 0 Å². The SMILES string of the molecule is CC[C@@H]1Oc2ccccc2C(=O)N2CCC[C@@H]12. The molecule has 0 unspecified atom stereocenters. The van der Waals surface area contributed by atoms with Crippen molar-refractivity contribution in [1.29, 1.82) is 0 Å². The van der Waals surface area contributed by atoms with Crippen molar-refractivity contribution >= 4 is 5.91 Å². The summed E-state index contributed by atoms with van der Waals surface area (Å²) in [5, 5.41) is 0. The fraction of sp³-hybridized carbons (Fsp3) is 0.500. The van der Waals surface area contributed by atoms with Crippen molar-refractivity contribution in [2.75, 3.05) is 6.54 Å². The van der Waals surface area contributed by atoms with Gasteiger partial charge in [-0.3, -0.25) is 4.79 Å². The summed E-state index contributed by atoms with van der Waals surface area (Å²) in [5.41, 5.74) is 0.718. The molecule has 3 nitrogen and oxygen atoms in total. The third kappa shape index (κ3) is 1.61. The number of rotatable bonds is 1. The number of para-hydroxylation sites is 1. The largest absolute Gasteiger partial charge is 0.487 e. The number of ether oxygens (including phenoxy) is 1. The molecule has 0 saturated carbocycles. The zero-order valence-corrected chi connectivity index (χ0v) is 10.1. The molecule has 1 amide bonds. The van der Waals surface area contributed by atoms with Crippen LogP contribution < -0.4 is 4.74 Å². The molecule has 0 N–H and O–H groups in total. The summed E-state index contributed by atoms with van der Waals surface area (Å²) in [6, 6.07) is 7.86. The number of carbonyl (C=O) groups excluding carboxylic acids is 1. The third-order valence-electron chi connectivity index (χ3n) is 3.79. The Bertz CT molecular complexity index is 444. The molecule has 0 bridgehead atoms. The average molecular weight is 231 g/mol. The first-order valence-electron chi connectivity index (χ1n) is 6.38. The lowest BCUT2D eigenvalue weighted by Crippen LogP contribution is -2.42. The summed E-state index contributed by atoms with van der Waals surface area (Å²) < 4.78 is 6.03. The second-order valence-electron chi connectivity index (χ2n) is 4.77. The summed E-state index contributed by atoms with van der Waals surface area (Å²) in [5.74, 6) is 0.887. The van der Waals surface area contributed by atoms with E-state index in [1.165, 1.54) is 0 Å². The molecular weight excluding hydrogens is 214 g/mol. The Morgan fingerprint density at radius 2 is 2.24 bits per heavy atom. The molecule has 1 aromatic rings. The normalized spacial score (nSPS) is 27.1. The van der Waals surface area contributed by atoms with Gasteiger partial charge in [-0.15, -0.1) is 0 Å². The molecule has 2 aliphatic rings. The van der Waals surface area contributed by atoms with E-state index in [0.717, 1.165) is 37.1 Å². The maximum Gasteiger partial charge on any atom is 0.257 e. The van der Waals surface area contributed by atoms with E-state index < -0.39 is 0 Å². The Labute approximate surface area is 101 Å². The van der Waals surface area contributed by atoms with E-state index in [2.05, 4.69) is 6.92 Å². The van der Waals surface area contributed by atoms with Gasteiger partial charge in [0.05, 0.1) is 11.6 Å². The highest BCUT2D eigenvalue weighted by molar-refractivity contribution is 5.97. The predicted octanol–water partition coefficient (Wildman–Crippen LogP) is 2.46. The zero-order chi connectivity index (χ0) is 11.8. The van der Waals surface area contributed by atoms with Crippen molar-refractivity contribution in [1.82, 2.24) is 4.90 Å². The highest BCUT2D eigenvalue weighted by Gasteiger charge is 2.39. The molecule has 2 heterocycles. The van der Waals surface area contributed by atoms with E-state index in [0.29, 0.717) is 0 Å². The van der Waals surface area contributed by atoms with Crippen molar-refractivity contribution in [3.8, 4) is 5.75 Å². The lowest BCUT2D eigenvalue weighted by Gasteiger charge is -2.27.